The van der Waals surface area contributed by atoms with E-state index in [2.05, 4.69) is 16.0 Å². The molecule has 1 aliphatic carbocycles. The Balaban J connectivity index is 1.85. The highest BCUT2D eigenvalue weighted by molar-refractivity contribution is 5.93. The average molecular weight is 312 g/mol. The van der Waals surface area contributed by atoms with Crippen molar-refractivity contribution in [2.24, 2.45) is 5.92 Å². The van der Waals surface area contributed by atoms with Crippen LogP contribution < -0.4 is 16.3 Å². The summed E-state index contributed by atoms with van der Waals surface area (Å²) in [6, 6.07) is 10.5. The number of hydrazine groups is 1. The molecular formula is C16H16N4O3. The van der Waals surface area contributed by atoms with Crippen LogP contribution in [0.15, 0.2) is 41.2 Å². The zero-order chi connectivity index (χ0) is 16.4. The summed E-state index contributed by atoms with van der Waals surface area (Å²) < 4.78 is 1.51. The summed E-state index contributed by atoms with van der Waals surface area (Å²) in [5, 5.41) is 4.12. The maximum Gasteiger partial charge on any atom is 0.294 e. The van der Waals surface area contributed by atoms with Crippen molar-refractivity contribution in [3.63, 3.8) is 0 Å². The topological polar surface area (TPSA) is 93.1 Å². The van der Waals surface area contributed by atoms with E-state index in [0.29, 0.717) is 5.69 Å². The monoisotopic (exact) mass is 312 g/mol. The molecule has 0 aliphatic heterocycles. The lowest BCUT2D eigenvalue weighted by Crippen LogP contribution is -2.44. The number of hydrogen-bond acceptors (Lipinski definition) is 4. The third-order valence-corrected chi connectivity index (χ3v) is 3.57. The van der Waals surface area contributed by atoms with Crippen molar-refractivity contribution in [1.29, 1.82) is 0 Å². The summed E-state index contributed by atoms with van der Waals surface area (Å²) in [5.41, 5.74) is 5.15. The Hall–Kier alpha value is -2.96. The lowest BCUT2D eigenvalue weighted by atomic mass is 10.3. The molecule has 2 N–H and O–H groups in total. The Morgan fingerprint density at radius 1 is 1.17 bits per heavy atom. The van der Waals surface area contributed by atoms with Crippen LogP contribution in [-0.4, -0.2) is 21.6 Å². The molecule has 2 aromatic rings. The van der Waals surface area contributed by atoms with E-state index in [1.165, 1.54) is 10.7 Å². The van der Waals surface area contributed by atoms with Crippen LogP contribution in [0.25, 0.3) is 5.69 Å². The van der Waals surface area contributed by atoms with Crippen molar-refractivity contribution in [3.05, 3.63) is 58.0 Å². The average Bonchev–Trinajstić information content (AvgIpc) is 3.38. The highest BCUT2D eigenvalue weighted by Crippen LogP contribution is 2.28. The van der Waals surface area contributed by atoms with Crippen LogP contribution in [0.1, 0.15) is 29.0 Å². The third-order valence-electron chi connectivity index (χ3n) is 3.57. The summed E-state index contributed by atoms with van der Waals surface area (Å²) in [6.45, 7) is 1.73. The number of aryl methyl sites for hydroxylation is 1. The van der Waals surface area contributed by atoms with Crippen molar-refractivity contribution >= 4 is 11.8 Å². The maximum absolute atomic E-state index is 12.1. The predicted molar refractivity (Wildman–Crippen MR) is 82.9 cm³/mol. The number of para-hydroxylation sites is 1. The number of benzene rings is 1. The molecule has 3 rings (SSSR count). The Morgan fingerprint density at radius 2 is 1.87 bits per heavy atom. The van der Waals surface area contributed by atoms with Crippen LogP contribution in [0.3, 0.4) is 0 Å². The Bertz CT molecular complexity index is 810. The fourth-order valence-corrected chi connectivity index (χ4v) is 2.16. The van der Waals surface area contributed by atoms with Gasteiger partial charge in [0.25, 0.3) is 5.91 Å². The highest BCUT2D eigenvalue weighted by atomic mass is 16.2. The fraction of sp³-hybridized carbons (Fsp3) is 0.250. The van der Waals surface area contributed by atoms with Crippen molar-refractivity contribution in [3.8, 4) is 5.69 Å². The molecule has 23 heavy (non-hydrogen) atoms. The van der Waals surface area contributed by atoms with Crippen LogP contribution in [-0.2, 0) is 4.79 Å². The van der Waals surface area contributed by atoms with Gasteiger partial charge in [-0.15, -0.1) is 0 Å². The van der Waals surface area contributed by atoms with Gasteiger partial charge in [0, 0.05) is 17.7 Å². The summed E-state index contributed by atoms with van der Waals surface area (Å²) >= 11 is 0. The Kier molecular flexibility index (Phi) is 3.92. The predicted octanol–water partition coefficient (Wildman–Crippen LogP) is 0.712. The van der Waals surface area contributed by atoms with Crippen LogP contribution in [0.2, 0.25) is 0 Å². The fourth-order valence-electron chi connectivity index (χ4n) is 2.16. The van der Waals surface area contributed by atoms with Crippen LogP contribution in [0, 0.1) is 12.8 Å². The molecule has 118 valence electrons. The van der Waals surface area contributed by atoms with E-state index in [9.17, 15) is 14.4 Å². The molecule has 2 amide bonds. The van der Waals surface area contributed by atoms with Gasteiger partial charge in [0.1, 0.15) is 0 Å². The number of hydrogen-bond donors (Lipinski definition) is 2. The quantitative estimate of drug-likeness (QED) is 0.816. The molecule has 1 aromatic carbocycles. The maximum atomic E-state index is 12.1. The zero-order valence-electron chi connectivity index (χ0n) is 12.6. The minimum atomic E-state index is -0.728. The molecule has 0 unspecified atom stereocenters. The van der Waals surface area contributed by atoms with Crippen LogP contribution >= 0.6 is 0 Å². The van der Waals surface area contributed by atoms with Crippen molar-refractivity contribution in [2.75, 3.05) is 0 Å². The van der Waals surface area contributed by atoms with Gasteiger partial charge in [-0.3, -0.25) is 25.2 Å². The zero-order valence-corrected chi connectivity index (χ0v) is 12.6. The number of carbonyl (C=O) groups is 2. The second kappa shape index (κ2) is 6.04. The minimum absolute atomic E-state index is 0.0396. The van der Waals surface area contributed by atoms with E-state index >= 15 is 0 Å². The Morgan fingerprint density at radius 3 is 2.52 bits per heavy atom. The van der Waals surface area contributed by atoms with E-state index in [1.807, 2.05) is 30.3 Å². The SMILES string of the molecule is Cc1cc(=O)c(C(=O)NNC(=O)C2CC2)nn1-c1ccccc1. The van der Waals surface area contributed by atoms with E-state index in [1.54, 1.807) is 6.92 Å². The van der Waals surface area contributed by atoms with Crippen LogP contribution in [0.5, 0.6) is 0 Å². The summed E-state index contributed by atoms with van der Waals surface area (Å²) in [5.74, 6) is -1.01. The number of carbonyl (C=O) groups excluding carboxylic acids is 2. The van der Waals surface area contributed by atoms with Gasteiger partial charge in [-0.2, -0.15) is 5.10 Å². The van der Waals surface area contributed by atoms with E-state index < -0.39 is 11.3 Å². The minimum Gasteiger partial charge on any atom is -0.287 e. The number of aromatic nitrogens is 2. The lowest BCUT2D eigenvalue weighted by Gasteiger charge is -2.11. The molecule has 7 heteroatoms. The molecule has 1 heterocycles. The smallest absolute Gasteiger partial charge is 0.287 e. The first-order chi connectivity index (χ1) is 11.1. The first-order valence-corrected chi connectivity index (χ1v) is 7.33. The number of rotatable bonds is 3. The number of nitrogens with zero attached hydrogens (tertiary/aromatic N) is 2. The number of amides is 2. The third kappa shape index (κ3) is 3.28. The molecule has 1 fully saturated rings. The normalized spacial score (nSPS) is 13.4. The van der Waals surface area contributed by atoms with Gasteiger partial charge in [-0.05, 0) is 31.9 Å². The second-order valence-electron chi connectivity index (χ2n) is 5.46. The van der Waals surface area contributed by atoms with Gasteiger partial charge >= 0.3 is 0 Å². The lowest BCUT2D eigenvalue weighted by molar-refractivity contribution is -0.123. The molecule has 1 aromatic heterocycles. The van der Waals surface area contributed by atoms with Crippen molar-refractivity contribution in [1.82, 2.24) is 20.6 Å². The number of nitrogens with one attached hydrogen (secondary N) is 2. The van der Waals surface area contributed by atoms with Gasteiger partial charge in [-0.25, -0.2) is 4.68 Å². The van der Waals surface area contributed by atoms with Gasteiger partial charge in [-0.1, -0.05) is 18.2 Å². The van der Waals surface area contributed by atoms with E-state index in [-0.39, 0.29) is 17.5 Å². The molecule has 1 saturated carbocycles. The largest absolute Gasteiger partial charge is 0.294 e. The first-order valence-electron chi connectivity index (χ1n) is 7.33. The van der Waals surface area contributed by atoms with Gasteiger partial charge in [0.2, 0.25) is 11.3 Å². The first kappa shape index (κ1) is 15.0. The van der Waals surface area contributed by atoms with E-state index in [0.717, 1.165) is 18.5 Å². The van der Waals surface area contributed by atoms with Crippen LogP contribution in [0.4, 0.5) is 0 Å². The standard InChI is InChI=1S/C16H16N4O3/c1-10-9-13(21)14(16(23)18-17-15(22)11-7-8-11)19-20(10)12-5-3-2-4-6-12/h2-6,9,11H,7-8H2,1H3,(H,17,22)(H,18,23). The molecule has 0 bridgehead atoms. The molecule has 0 atom stereocenters. The summed E-state index contributed by atoms with van der Waals surface area (Å²) in [6.07, 6.45) is 1.65. The highest BCUT2D eigenvalue weighted by Gasteiger charge is 2.30. The Labute approximate surface area is 132 Å². The second-order valence-corrected chi connectivity index (χ2v) is 5.46. The molecular weight excluding hydrogens is 296 g/mol. The molecule has 1 aliphatic rings. The van der Waals surface area contributed by atoms with Gasteiger partial charge < -0.3 is 0 Å². The summed E-state index contributed by atoms with van der Waals surface area (Å²) in [7, 11) is 0. The molecule has 0 saturated heterocycles. The van der Waals surface area contributed by atoms with Crippen molar-refractivity contribution < 1.29 is 9.59 Å². The van der Waals surface area contributed by atoms with E-state index in [4.69, 9.17) is 0 Å². The van der Waals surface area contributed by atoms with Gasteiger partial charge in [0.15, 0.2) is 5.69 Å². The molecule has 7 nitrogen and oxygen atoms in total. The molecule has 0 radical (unpaired) electrons. The molecule has 0 spiro atoms. The summed E-state index contributed by atoms with van der Waals surface area (Å²) in [4.78, 5) is 35.7. The van der Waals surface area contributed by atoms with Gasteiger partial charge in [0.05, 0.1) is 5.69 Å². The van der Waals surface area contributed by atoms with Crippen molar-refractivity contribution in [2.45, 2.75) is 19.8 Å².